The van der Waals surface area contributed by atoms with Gasteiger partial charge in [-0.2, -0.15) is 11.8 Å². The van der Waals surface area contributed by atoms with Gasteiger partial charge in [-0.15, -0.1) is 0 Å². The Morgan fingerprint density at radius 2 is 1.04 bits per heavy atom. The van der Waals surface area contributed by atoms with Crippen molar-refractivity contribution in [2.45, 2.75) is 38.0 Å². The maximum Gasteiger partial charge on any atom is 0.105 e. The monoisotopic (exact) mass is 334 g/mol. The standard InChI is InChI=1S/C20H24F2S/c21-19(15-17-7-3-1-4-8-17)11-13-23-14-12-20(22)16-18-9-5-2-6-10-18/h1-10,19-20H,11-16H2/t19-,20-/m1/s1. The van der Waals surface area contributed by atoms with E-state index in [1.54, 1.807) is 11.8 Å². The van der Waals surface area contributed by atoms with E-state index in [0.717, 1.165) is 22.6 Å². The molecule has 0 bridgehead atoms. The van der Waals surface area contributed by atoms with Crippen LogP contribution in [0.1, 0.15) is 24.0 Å². The molecule has 3 heteroatoms. The van der Waals surface area contributed by atoms with Crippen molar-refractivity contribution in [1.82, 2.24) is 0 Å². The third-order valence-electron chi connectivity index (χ3n) is 3.75. The number of alkyl halides is 2. The van der Waals surface area contributed by atoms with Crippen LogP contribution < -0.4 is 0 Å². The molecular weight excluding hydrogens is 310 g/mol. The third-order valence-corrected chi connectivity index (χ3v) is 4.80. The number of halogens is 2. The maximum absolute atomic E-state index is 13.9. The summed E-state index contributed by atoms with van der Waals surface area (Å²) in [5, 5.41) is 0. The first-order chi connectivity index (χ1) is 11.2. The average Bonchev–Trinajstić information content (AvgIpc) is 2.56. The number of thioether (sulfide) groups is 1. The van der Waals surface area contributed by atoms with Crippen LogP contribution in [-0.2, 0) is 12.8 Å². The highest BCUT2D eigenvalue weighted by atomic mass is 32.2. The molecule has 2 rings (SSSR count). The maximum atomic E-state index is 13.9. The van der Waals surface area contributed by atoms with Gasteiger partial charge in [-0.1, -0.05) is 60.7 Å². The van der Waals surface area contributed by atoms with Crippen molar-refractivity contribution in [3.63, 3.8) is 0 Å². The molecule has 0 spiro atoms. The third kappa shape index (κ3) is 7.65. The Hall–Kier alpha value is -1.35. The van der Waals surface area contributed by atoms with Crippen LogP contribution in [0.4, 0.5) is 8.78 Å². The fourth-order valence-corrected chi connectivity index (χ4v) is 3.52. The first-order valence-corrected chi connectivity index (χ1v) is 9.33. The van der Waals surface area contributed by atoms with E-state index in [2.05, 4.69) is 0 Å². The van der Waals surface area contributed by atoms with Crippen molar-refractivity contribution >= 4 is 11.8 Å². The van der Waals surface area contributed by atoms with Gasteiger partial charge in [0.2, 0.25) is 0 Å². The second kappa shape index (κ2) is 10.4. The van der Waals surface area contributed by atoms with Crippen molar-refractivity contribution < 1.29 is 8.78 Å². The molecule has 0 amide bonds. The van der Waals surface area contributed by atoms with Gasteiger partial charge in [0.05, 0.1) is 0 Å². The van der Waals surface area contributed by atoms with Crippen LogP contribution in [0.15, 0.2) is 60.7 Å². The van der Waals surface area contributed by atoms with E-state index >= 15 is 0 Å². The quantitative estimate of drug-likeness (QED) is 0.505. The lowest BCUT2D eigenvalue weighted by atomic mass is 10.1. The molecule has 0 N–H and O–H groups in total. The first-order valence-electron chi connectivity index (χ1n) is 8.18. The second-order valence-electron chi connectivity index (χ2n) is 5.76. The molecule has 0 aliphatic heterocycles. The molecule has 0 fully saturated rings. The Kier molecular flexibility index (Phi) is 8.16. The van der Waals surface area contributed by atoms with Crippen molar-refractivity contribution in [3.8, 4) is 0 Å². The number of benzene rings is 2. The lowest BCUT2D eigenvalue weighted by molar-refractivity contribution is 0.323. The van der Waals surface area contributed by atoms with Crippen molar-refractivity contribution in [3.05, 3.63) is 71.8 Å². The molecule has 0 aliphatic rings. The molecule has 0 saturated heterocycles. The number of hydrogen-bond acceptors (Lipinski definition) is 1. The predicted molar refractivity (Wildman–Crippen MR) is 96.6 cm³/mol. The lowest BCUT2D eigenvalue weighted by Crippen LogP contribution is -2.08. The Morgan fingerprint density at radius 1 is 0.652 bits per heavy atom. The minimum absolute atomic E-state index is 0.473. The van der Waals surface area contributed by atoms with Gasteiger partial charge in [0.1, 0.15) is 12.3 Å². The number of rotatable bonds is 10. The molecule has 2 aromatic carbocycles. The summed E-state index contributed by atoms with van der Waals surface area (Å²) < 4.78 is 27.7. The Morgan fingerprint density at radius 3 is 1.43 bits per heavy atom. The van der Waals surface area contributed by atoms with Crippen molar-refractivity contribution in [2.24, 2.45) is 0 Å². The zero-order chi connectivity index (χ0) is 16.3. The highest BCUT2D eigenvalue weighted by Crippen LogP contribution is 2.16. The molecule has 124 valence electrons. The van der Waals surface area contributed by atoms with Crippen LogP contribution in [0.3, 0.4) is 0 Å². The van der Waals surface area contributed by atoms with E-state index in [9.17, 15) is 8.78 Å². The summed E-state index contributed by atoms with van der Waals surface area (Å²) in [6.07, 6.45) is 0.401. The van der Waals surface area contributed by atoms with Crippen LogP contribution in [0, 0.1) is 0 Å². The molecule has 0 heterocycles. The largest absolute Gasteiger partial charge is 0.247 e. The number of hydrogen-bond donors (Lipinski definition) is 0. The first kappa shape index (κ1) is 18.0. The molecule has 0 aromatic heterocycles. The lowest BCUT2D eigenvalue weighted by Gasteiger charge is -2.10. The molecule has 2 aromatic rings. The smallest absolute Gasteiger partial charge is 0.105 e. The topological polar surface area (TPSA) is 0 Å². The average molecular weight is 334 g/mol. The van der Waals surface area contributed by atoms with E-state index in [0.29, 0.717) is 25.7 Å². The summed E-state index contributed by atoms with van der Waals surface area (Å²) in [7, 11) is 0. The minimum Gasteiger partial charge on any atom is -0.247 e. The fraction of sp³-hybridized carbons (Fsp3) is 0.400. The predicted octanol–water partition coefficient (Wildman–Crippen LogP) is 5.66. The van der Waals surface area contributed by atoms with Crippen LogP contribution in [0.25, 0.3) is 0 Å². The van der Waals surface area contributed by atoms with Crippen LogP contribution in [-0.4, -0.2) is 23.8 Å². The summed E-state index contributed by atoms with van der Waals surface area (Å²) in [5.74, 6) is 1.51. The van der Waals surface area contributed by atoms with Gasteiger partial charge in [0.25, 0.3) is 0 Å². The van der Waals surface area contributed by atoms with Gasteiger partial charge in [0, 0.05) is 12.8 Å². The molecule has 0 radical (unpaired) electrons. The van der Waals surface area contributed by atoms with Gasteiger partial charge < -0.3 is 0 Å². The summed E-state index contributed by atoms with van der Waals surface area (Å²) in [5.41, 5.74) is 2.08. The molecule has 0 unspecified atom stereocenters. The SMILES string of the molecule is F[C@H](CCSCC[C@@H](F)Cc1ccccc1)Cc1ccccc1. The van der Waals surface area contributed by atoms with Crippen LogP contribution in [0.2, 0.25) is 0 Å². The Balaban J connectivity index is 1.53. The normalized spacial score (nSPS) is 13.7. The summed E-state index contributed by atoms with van der Waals surface area (Å²) in [6, 6.07) is 19.4. The zero-order valence-corrected chi connectivity index (χ0v) is 14.2. The summed E-state index contributed by atoms with van der Waals surface area (Å²) in [6.45, 7) is 0. The van der Waals surface area contributed by atoms with Gasteiger partial charge in [0.15, 0.2) is 0 Å². The Bertz CT molecular complexity index is 480. The van der Waals surface area contributed by atoms with Crippen molar-refractivity contribution in [1.29, 1.82) is 0 Å². The van der Waals surface area contributed by atoms with E-state index in [4.69, 9.17) is 0 Å². The molecule has 23 heavy (non-hydrogen) atoms. The fourth-order valence-electron chi connectivity index (χ4n) is 2.47. The van der Waals surface area contributed by atoms with Gasteiger partial charge >= 0.3 is 0 Å². The van der Waals surface area contributed by atoms with Crippen molar-refractivity contribution in [2.75, 3.05) is 11.5 Å². The summed E-state index contributed by atoms with van der Waals surface area (Å²) >= 11 is 1.65. The molecule has 0 nitrogen and oxygen atoms in total. The molecule has 2 atom stereocenters. The minimum atomic E-state index is -0.810. The molecule has 0 saturated carbocycles. The molecular formula is C20H24F2S. The van der Waals surface area contributed by atoms with E-state index in [1.807, 2.05) is 60.7 Å². The highest BCUT2D eigenvalue weighted by Gasteiger charge is 2.10. The van der Waals surface area contributed by atoms with Gasteiger partial charge in [-0.25, -0.2) is 8.78 Å². The zero-order valence-electron chi connectivity index (χ0n) is 13.3. The van der Waals surface area contributed by atoms with E-state index in [-0.39, 0.29) is 0 Å². The van der Waals surface area contributed by atoms with Gasteiger partial charge in [-0.05, 0) is 35.5 Å². The van der Waals surface area contributed by atoms with E-state index < -0.39 is 12.3 Å². The Labute approximate surface area is 142 Å². The van der Waals surface area contributed by atoms with Gasteiger partial charge in [-0.3, -0.25) is 0 Å². The summed E-state index contributed by atoms with van der Waals surface area (Å²) in [4.78, 5) is 0. The second-order valence-corrected chi connectivity index (χ2v) is 6.99. The van der Waals surface area contributed by atoms with E-state index in [1.165, 1.54) is 0 Å². The molecule has 0 aliphatic carbocycles. The van der Waals surface area contributed by atoms with Crippen LogP contribution in [0.5, 0.6) is 0 Å². The highest BCUT2D eigenvalue weighted by molar-refractivity contribution is 7.99. The van der Waals surface area contributed by atoms with Crippen LogP contribution >= 0.6 is 11.8 Å².